The van der Waals surface area contributed by atoms with Crippen LogP contribution in [-0.4, -0.2) is 10.4 Å². The lowest BCUT2D eigenvalue weighted by molar-refractivity contribution is 0.634. The van der Waals surface area contributed by atoms with Gasteiger partial charge < -0.3 is 26.3 Å². The van der Waals surface area contributed by atoms with Crippen molar-refractivity contribution in [1.82, 2.24) is 0 Å². The zero-order valence-electron chi connectivity index (χ0n) is 27.4. The highest BCUT2D eigenvalue weighted by molar-refractivity contribution is 7.62. The van der Waals surface area contributed by atoms with Crippen LogP contribution in [0.25, 0.3) is 0 Å². The van der Waals surface area contributed by atoms with Crippen molar-refractivity contribution in [1.29, 1.82) is 0 Å². The molecular weight excluding hydrogens is 654 g/mol. The molecule has 0 fully saturated rings. The SMILES string of the molecule is O.OP(c1ccc(P)cc1)N(c1ccccc1)c1ccccc1Nc1ccccc1.c1ccc(Nc2ccccc2Nc2ccccc2)cc1. The minimum atomic E-state index is -1.61. The fourth-order valence-corrected chi connectivity index (χ4v) is 6.71. The minimum Gasteiger partial charge on any atom is -0.412 e. The fourth-order valence-electron chi connectivity index (χ4n) is 5.14. The zero-order chi connectivity index (χ0) is 33.7. The summed E-state index contributed by atoms with van der Waals surface area (Å²) in [6, 6.07) is 64.6. The van der Waals surface area contributed by atoms with E-state index in [1.165, 1.54) is 0 Å². The Morgan fingerprint density at radius 3 is 1.24 bits per heavy atom. The van der Waals surface area contributed by atoms with E-state index in [9.17, 15) is 4.89 Å². The lowest BCUT2D eigenvalue weighted by Gasteiger charge is -2.31. The third kappa shape index (κ3) is 9.79. The van der Waals surface area contributed by atoms with Crippen molar-refractivity contribution in [2.45, 2.75) is 0 Å². The zero-order valence-corrected chi connectivity index (χ0v) is 29.4. The molecule has 7 rings (SSSR count). The number of hydrogen-bond donors (Lipinski definition) is 4. The summed E-state index contributed by atoms with van der Waals surface area (Å²) in [5.41, 5.74) is 8.08. The van der Waals surface area contributed by atoms with E-state index < -0.39 is 8.30 Å². The van der Waals surface area contributed by atoms with Crippen molar-refractivity contribution in [3.05, 3.63) is 194 Å². The van der Waals surface area contributed by atoms with Gasteiger partial charge in [-0.1, -0.05) is 109 Å². The van der Waals surface area contributed by atoms with Gasteiger partial charge in [0.15, 0.2) is 8.30 Å². The molecule has 0 aliphatic rings. The van der Waals surface area contributed by atoms with Crippen LogP contribution in [0.15, 0.2) is 194 Å². The second kappa shape index (κ2) is 18.3. The molecule has 0 heterocycles. The maximum Gasteiger partial charge on any atom is 0.168 e. The summed E-state index contributed by atoms with van der Waals surface area (Å²) >= 11 is 0. The molecule has 7 aromatic carbocycles. The summed E-state index contributed by atoms with van der Waals surface area (Å²) in [6.45, 7) is 0. The van der Waals surface area contributed by atoms with E-state index in [2.05, 4.69) is 61.6 Å². The molecule has 6 nitrogen and oxygen atoms in total. The number of hydrogen-bond acceptors (Lipinski definition) is 5. The average Bonchev–Trinajstić information content (AvgIpc) is 3.15. The molecule has 0 saturated carbocycles. The van der Waals surface area contributed by atoms with E-state index in [4.69, 9.17) is 0 Å². The van der Waals surface area contributed by atoms with Crippen LogP contribution in [0.4, 0.5) is 45.5 Å². The van der Waals surface area contributed by atoms with Crippen LogP contribution < -0.4 is 31.2 Å². The molecule has 0 bridgehead atoms. The van der Waals surface area contributed by atoms with Gasteiger partial charge in [-0.2, -0.15) is 0 Å². The van der Waals surface area contributed by atoms with Gasteiger partial charge in [-0.05, 0) is 90.2 Å². The summed E-state index contributed by atoms with van der Waals surface area (Å²) < 4.78 is 2.01. The second-order valence-electron chi connectivity index (χ2n) is 11.1. The van der Waals surface area contributed by atoms with Crippen molar-refractivity contribution in [3.63, 3.8) is 0 Å². The van der Waals surface area contributed by atoms with Crippen LogP contribution in [0.1, 0.15) is 0 Å². The third-order valence-electron chi connectivity index (χ3n) is 7.53. The van der Waals surface area contributed by atoms with Gasteiger partial charge in [0.2, 0.25) is 0 Å². The largest absolute Gasteiger partial charge is 0.412 e. The molecule has 8 heteroatoms. The Morgan fingerprint density at radius 2 is 0.780 bits per heavy atom. The Morgan fingerprint density at radius 1 is 0.420 bits per heavy atom. The summed E-state index contributed by atoms with van der Waals surface area (Å²) in [6.07, 6.45) is 0. The third-order valence-corrected chi connectivity index (χ3v) is 9.50. The van der Waals surface area contributed by atoms with Gasteiger partial charge in [0, 0.05) is 28.1 Å². The van der Waals surface area contributed by atoms with E-state index in [0.717, 1.165) is 56.1 Å². The number of rotatable bonds is 10. The van der Waals surface area contributed by atoms with Crippen molar-refractivity contribution in [2.75, 3.05) is 20.6 Å². The van der Waals surface area contributed by atoms with Crippen LogP contribution in [0, 0.1) is 0 Å². The van der Waals surface area contributed by atoms with Crippen molar-refractivity contribution >= 4 is 73.6 Å². The summed E-state index contributed by atoms with van der Waals surface area (Å²) in [7, 11) is 1.07. The summed E-state index contributed by atoms with van der Waals surface area (Å²) in [5.74, 6) is 0. The van der Waals surface area contributed by atoms with Gasteiger partial charge in [0.1, 0.15) is 0 Å². The van der Waals surface area contributed by atoms with Gasteiger partial charge >= 0.3 is 0 Å². The molecule has 2 unspecified atom stereocenters. The van der Waals surface area contributed by atoms with Gasteiger partial charge in [-0.25, -0.2) is 0 Å². The molecule has 0 saturated heterocycles. The number of anilines is 8. The highest BCUT2D eigenvalue weighted by Crippen LogP contribution is 2.48. The van der Waals surface area contributed by atoms with Gasteiger partial charge in [0.05, 0.1) is 22.7 Å². The first-order valence-corrected chi connectivity index (χ1v) is 17.8. The molecule has 0 spiro atoms. The Labute approximate surface area is 297 Å². The fraction of sp³-hybridized carbons (Fsp3) is 0. The quantitative estimate of drug-likeness (QED) is 0.107. The van der Waals surface area contributed by atoms with E-state index >= 15 is 0 Å². The molecule has 6 N–H and O–H groups in total. The molecule has 0 aliphatic carbocycles. The first-order chi connectivity index (χ1) is 24.1. The molecule has 0 aromatic heterocycles. The predicted octanol–water partition coefficient (Wildman–Crippen LogP) is 10.0. The predicted molar refractivity (Wildman–Crippen MR) is 219 cm³/mol. The van der Waals surface area contributed by atoms with Crippen LogP contribution in [-0.2, 0) is 0 Å². The van der Waals surface area contributed by atoms with Crippen LogP contribution in [0.3, 0.4) is 0 Å². The summed E-state index contributed by atoms with van der Waals surface area (Å²) in [4.78, 5) is 11.4. The Bertz CT molecular complexity index is 1960. The van der Waals surface area contributed by atoms with Crippen LogP contribution in [0.2, 0.25) is 0 Å². The van der Waals surface area contributed by atoms with Crippen molar-refractivity contribution in [2.24, 2.45) is 0 Å². The van der Waals surface area contributed by atoms with E-state index in [1.807, 2.05) is 162 Å². The first-order valence-electron chi connectivity index (χ1n) is 16.0. The Balaban J connectivity index is 0.000000203. The molecule has 50 heavy (non-hydrogen) atoms. The topological polar surface area (TPSA) is 91.1 Å². The lowest BCUT2D eigenvalue weighted by Crippen LogP contribution is -2.19. The second-order valence-corrected chi connectivity index (χ2v) is 13.2. The number of nitrogens with zero attached hydrogens (tertiary/aromatic N) is 1. The standard InChI is InChI=1S/C24H22N2OP2.C18H16N2.H2O/c27-29(22-17-15-21(28)16-18-22)26(20-11-5-2-6-12-20)24-14-8-7-13-23(24)25-19-9-3-1-4-10-19;1-3-9-15(10-4-1)19-17-13-7-8-14-18(17)20-16-11-5-2-6-12-16;/h1-18,25,27H,28H2;1-14,19-20H;1H2. The molecule has 250 valence electrons. The monoisotopic (exact) mass is 694 g/mol. The smallest absolute Gasteiger partial charge is 0.168 e. The maximum atomic E-state index is 11.4. The average molecular weight is 695 g/mol. The first kappa shape index (κ1) is 35.8. The van der Waals surface area contributed by atoms with Crippen molar-refractivity contribution < 1.29 is 10.4 Å². The summed E-state index contributed by atoms with van der Waals surface area (Å²) in [5, 5.41) is 12.3. The molecule has 2 atom stereocenters. The maximum absolute atomic E-state index is 11.4. The van der Waals surface area contributed by atoms with Gasteiger partial charge in [0.25, 0.3) is 0 Å². The van der Waals surface area contributed by atoms with Gasteiger partial charge in [-0.3, -0.25) is 4.67 Å². The molecule has 7 aromatic rings. The Kier molecular flexibility index (Phi) is 13.1. The van der Waals surface area contributed by atoms with Gasteiger partial charge in [-0.15, -0.1) is 9.24 Å². The molecular formula is C42H40N4O2P2. The van der Waals surface area contributed by atoms with E-state index in [0.29, 0.717) is 0 Å². The Hall–Kier alpha value is -5.48. The van der Waals surface area contributed by atoms with E-state index in [-0.39, 0.29) is 5.48 Å². The van der Waals surface area contributed by atoms with Crippen molar-refractivity contribution in [3.8, 4) is 0 Å². The molecule has 0 amide bonds. The normalized spacial score (nSPS) is 10.8. The molecule has 0 aliphatic heterocycles. The van der Waals surface area contributed by atoms with E-state index in [1.54, 1.807) is 0 Å². The number of benzene rings is 7. The van der Waals surface area contributed by atoms with Crippen LogP contribution >= 0.6 is 17.5 Å². The highest BCUT2D eigenvalue weighted by atomic mass is 31.2. The van der Waals surface area contributed by atoms with Crippen LogP contribution in [0.5, 0.6) is 0 Å². The minimum absolute atomic E-state index is 0. The molecule has 0 radical (unpaired) electrons. The lowest BCUT2D eigenvalue weighted by atomic mass is 10.2. The number of nitrogens with one attached hydrogen (secondary N) is 3. The number of para-hydroxylation sites is 8. The highest BCUT2D eigenvalue weighted by Gasteiger charge is 2.23.